The topological polar surface area (TPSA) is 163 Å². The van der Waals surface area contributed by atoms with Crippen molar-refractivity contribution in [1.29, 1.82) is 5.26 Å². The lowest BCUT2D eigenvalue weighted by Gasteiger charge is -2.39. The summed E-state index contributed by atoms with van der Waals surface area (Å²) in [6.07, 6.45) is 1.21. The van der Waals surface area contributed by atoms with Crippen LogP contribution in [0, 0.1) is 23.2 Å². The summed E-state index contributed by atoms with van der Waals surface area (Å²) in [7, 11) is 0. The van der Waals surface area contributed by atoms with Gasteiger partial charge in [0.25, 0.3) is 11.1 Å². The first-order valence-corrected chi connectivity index (χ1v) is 12.6. The van der Waals surface area contributed by atoms with E-state index in [9.17, 15) is 24.8 Å². The molecule has 2 atom stereocenters. The highest BCUT2D eigenvalue weighted by Gasteiger charge is 2.39. The summed E-state index contributed by atoms with van der Waals surface area (Å²) in [5.41, 5.74) is 6.41. The van der Waals surface area contributed by atoms with Crippen molar-refractivity contribution in [2.45, 2.75) is 45.2 Å². The van der Waals surface area contributed by atoms with Gasteiger partial charge in [-0.25, -0.2) is 9.36 Å². The van der Waals surface area contributed by atoms with Crippen LogP contribution in [0.3, 0.4) is 0 Å². The van der Waals surface area contributed by atoms with E-state index in [-0.39, 0.29) is 30.5 Å². The van der Waals surface area contributed by atoms with Gasteiger partial charge in [-0.2, -0.15) is 5.26 Å². The first kappa shape index (κ1) is 26.0. The SMILES string of the molecule is CC#CCN1c2c(c(=O)n(CC(=O)O)n(Cc3cc(C#N)c4ccccc4n3)c2=O)NC1N1CCCC(N)C1. The Bertz CT molecular complexity index is 1680. The molecular weight excluding hydrogens is 500 g/mol. The third-order valence-corrected chi connectivity index (χ3v) is 7.02. The number of benzene rings is 1. The molecule has 0 aliphatic carbocycles. The van der Waals surface area contributed by atoms with Gasteiger partial charge >= 0.3 is 5.97 Å². The molecule has 12 nitrogen and oxygen atoms in total. The number of carbonyl (C=O) groups is 1. The van der Waals surface area contributed by atoms with Crippen LogP contribution in [0.15, 0.2) is 39.9 Å². The van der Waals surface area contributed by atoms with Gasteiger partial charge in [0, 0.05) is 24.5 Å². The lowest BCUT2D eigenvalue weighted by Crippen LogP contribution is -2.56. The molecule has 5 rings (SSSR count). The average Bonchev–Trinajstić information content (AvgIpc) is 3.31. The molecule has 4 N–H and O–H groups in total. The lowest BCUT2D eigenvalue weighted by atomic mass is 10.1. The van der Waals surface area contributed by atoms with Crippen molar-refractivity contribution in [2.75, 3.05) is 29.9 Å². The number of hydrogen-bond acceptors (Lipinski definition) is 9. The number of nitriles is 1. The Kier molecular flexibility index (Phi) is 7.07. The molecule has 2 unspecified atom stereocenters. The van der Waals surface area contributed by atoms with Crippen LogP contribution < -0.4 is 27.1 Å². The number of hydrogen-bond donors (Lipinski definition) is 3. The van der Waals surface area contributed by atoms with Gasteiger partial charge in [0.05, 0.1) is 35.9 Å². The highest BCUT2D eigenvalue weighted by atomic mass is 16.4. The molecular formula is C27H28N8O4. The number of likely N-dealkylation sites (tertiary alicyclic amines) is 1. The summed E-state index contributed by atoms with van der Waals surface area (Å²) < 4.78 is 2.00. The number of piperidine rings is 1. The zero-order chi connectivity index (χ0) is 27.7. The molecule has 2 aliphatic heterocycles. The summed E-state index contributed by atoms with van der Waals surface area (Å²) in [5, 5.41) is 23.1. The maximum Gasteiger partial charge on any atom is 0.325 e. The molecule has 0 spiro atoms. The van der Waals surface area contributed by atoms with Gasteiger partial charge in [0.15, 0.2) is 6.29 Å². The minimum atomic E-state index is -1.28. The second-order valence-corrected chi connectivity index (χ2v) is 9.60. The van der Waals surface area contributed by atoms with Crippen LogP contribution in [-0.4, -0.2) is 62.3 Å². The van der Waals surface area contributed by atoms with E-state index in [1.807, 2.05) is 0 Å². The number of rotatable bonds is 6. The number of aliphatic carboxylic acids is 1. The minimum Gasteiger partial charge on any atom is -0.480 e. The fourth-order valence-electron chi connectivity index (χ4n) is 5.28. The van der Waals surface area contributed by atoms with E-state index >= 15 is 0 Å². The van der Waals surface area contributed by atoms with Gasteiger partial charge in [-0.3, -0.25) is 24.3 Å². The normalized spacial score (nSPS) is 18.6. The molecule has 3 aromatic rings. The molecule has 1 fully saturated rings. The predicted octanol–water partition coefficient (Wildman–Crippen LogP) is 0.525. The van der Waals surface area contributed by atoms with Crippen LogP contribution in [0.4, 0.5) is 11.4 Å². The molecule has 2 aliphatic rings. The van der Waals surface area contributed by atoms with Crippen molar-refractivity contribution in [3.05, 3.63) is 62.3 Å². The summed E-state index contributed by atoms with van der Waals surface area (Å²) in [4.78, 5) is 47.9. The molecule has 200 valence electrons. The van der Waals surface area contributed by atoms with E-state index in [1.54, 1.807) is 42.2 Å². The Labute approximate surface area is 223 Å². The molecule has 12 heteroatoms. The zero-order valence-corrected chi connectivity index (χ0v) is 21.4. The summed E-state index contributed by atoms with van der Waals surface area (Å²) in [6.45, 7) is 2.22. The standard InChI is InChI=1S/C27H28N8O4/c1-2-3-11-33-24-23(31-27(33)32-10-6-7-18(29)14-32)25(38)35(16-22(36)37)34(26(24)39)15-19-12-17(13-28)20-8-4-5-9-21(20)30-19/h4-5,8-9,12,18,27,31H,6-7,10-11,14-16,29H2,1H3,(H,36,37). The molecule has 0 radical (unpaired) electrons. The van der Waals surface area contributed by atoms with E-state index in [4.69, 9.17) is 5.73 Å². The number of fused-ring (bicyclic) bond motifs is 2. The van der Waals surface area contributed by atoms with Crippen molar-refractivity contribution in [3.8, 4) is 17.9 Å². The van der Waals surface area contributed by atoms with E-state index in [0.717, 1.165) is 22.2 Å². The molecule has 1 aromatic carbocycles. The predicted molar refractivity (Wildman–Crippen MR) is 145 cm³/mol. The van der Waals surface area contributed by atoms with Crippen LogP contribution in [-0.2, 0) is 17.9 Å². The number of nitrogens with zero attached hydrogens (tertiary/aromatic N) is 6. The summed E-state index contributed by atoms with van der Waals surface area (Å²) >= 11 is 0. The second-order valence-electron chi connectivity index (χ2n) is 9.60. The van der Waals surface area contributed by atoms with Crippen LogP contribution in [0.25, 0.3) is 10.9 Å². The maximum atomic E-state index is 14.0. The van der Waals surface area contributed by atoms with Crippen LogP contribution in [0.2, 0.25) is 0 Å². The van der Waals surface area contributed by atoms with Crippen LogP contribution in [0.1, 0.15) is 31.0 Å². The van der Waals surface area contributed by atoms with Crippen molar-refractivity contribution in [2.24, 2.45) is 5.73 Å². The molecule has 0 saturated carbocycles. The first-order valence-electron chi connectivity index (χ1n) is 12.6. The Morgan fingerprint density at radius 1 is 1.26 bits per heavy atom. The van der Waals surface area contributed by atoms with Crippen molar-refractivity contribution in [3.63, 3.8) is 0 Å². The van der Waals surface area contributed by atoms with E-state index in [2.05, 4.69) is 33.1 Å². The molecule has 4 heterocycles. The number of aromatic nitrogens is 3. The number of carboxylic acids is 1. The number of anilines is 2. The second kappa shape index (κ2) is 10.6. The van der Waals surface area contributed by atoms with Gasteiger partial charge in [-0.15, -0.1) is 5.92 Å². The third kappa shape index (κ3) is 4.83. The molecule has 0 bridgehead atoms. The highest BCUT2D eigenvalue weighted by Crippen LogP contribution is 2.31. The monoisotopic (exact) mass is 528 g/mol. The fourth-order valence-corrected chi connectivity index (χ4v) is 5.28. The van der Waals surface area contributed by atoms with E-state index in [1.165, 1.54) is 0 Å². The fraction of sp³-hybridized carbons (Fsp3) is 0.370. The molecule has 0 amide bonds. The Balaban J connectivity index is 1.66. The minimum absolute atomic E-state index is 0.0312. The molecule has 39 heavy (non-hydrogen) atoms. The Hall–Kier alpha value is -4.65. The molecule has 2 aromatic heterocycles. The zero-order valence-electron chi connectivity index (χ0n) is 21.4. The lowest BCUT2D eigenvalue weighted by molar-refractivity contribution is -0.138. The molecule has 1 saturated heterocycles. The van der Waals surface area contributed by atoms with Crippen LogP contribution >= 0.6 is 0 Å². The number of carboxylic acid groups (broad SMARTS) is 1. The first-order chi connectivity index (χ1) is 18.8. The average molecular weight is 529 g/mol. The maximum absolute atomic E-state index is 14.0. The van der Waals surface area contributed by atoms with E-state index in [0.29, 0.717) is 35.2 Å². The quantitative estimate of drug-likeness (QED) is 0.385. The van der Waals surface area contributed by atoms with Gasteiger partial charge < -0.3 is 21.1 Å². The van der Waals surface area contributed by atoms with Gasteiger partial charge in [0.2, 0.25) is 0 Å². The number of nitrogens with two attached hydrogens (primary N) is 1. The van der Waals surface area contributed by atoms with E-state index < -0.39 is 29.9 Å². The number of nitrogens with one attached hydrogen (secondary N) is 1. The Morgan fingerprint density at radius 2 is 2.05 bits per heavy atom. The van der Waals surface area contributed by atoms with Crippen molar-refractivity contribution >= 4 is 28.2 Å². The highest BCUT2D eigenvalue weighted by molar-refractivity contribution is 5.84. The van der Waals surface area contributed by atoms with Crippen molar-refractivity contribution in [1.82, 2.24) is 19.2 Å². The summed E-state index contributed by atoms with van der Waals surface area (Å²) in [5.74, 6) is 4.55. The third-order valence-electron chi connectivity index (χ3n) is 7.02. The smallest absolute Gasteiger partial charge is 0.325 e. The number of para-hydroxylation sites is 1. The van der Waals surface area contributed by atoms with Gasteiger partial charge in [-0.05, 0) is 31.9 Å². The largest absolute Gasteiger partial charge is 0.480 e. The number of pyridine rings is 1. The Morgan fingerprint density at radius 3 is 2.77 bits per heavy atom. The van der Waals surface area contributed by atoms with Crippen molar-refractivity contribution < 1.29 is 9.90 Å². The van der Waals surface area contributed by atoms with Crippen LogP contribution in [0.5, 0.6) is 0 Å². The van der Waals surface area contributed by atoms with Gasteiger partial charge in [-0.1, -0.05) is 24.1 Å². The summed E-state index contributed by atoms with van der Waals surface area (Å²) in [6, 6.07) is 10.8. The van der Waals surface area contributed by atoms with Gasteiger partial charge in [0.1, 0.15) is 17.9 Å².